The summed E-state index contributed by atoms with van der Waals surface area (Å²) in [7, 11) is 1.53. The van der Waals surface area contributed by atoms with Gasteiger partial charge in [0.2, 0.25) is 5.91 Å². The Labute approximate surface area is 150 Å². The summed E-state index contributed by atoms with van der Waals surface area (Å²) in [6, 6.07) is 5.76. The average Bonchev–Trinajstić information content (AvgIpc) is 2.57. The van der Waals surface area contributed by atoms with Gasteiger partial charge in [-0.3, -0.25) is 4.79 Å². The predicted octanol–water partition coefficient (Wildman–Crippen LogP) is 1.40. The molecule has 0 unspecified atom stereocenters. The van der Waals surface area contributed by atoms with Gasteiger partial charge in [-0.15, -0.1) is 13.2 Å². The van der Waals surface area contributed by atoms with Gasteiger partial charge >= 0.3 is 6.36 Å². The number of ether oxygens (including phenoxy) is 2. The molecule has 0 aromatic heterocycles. The molecule has 0 spiro atoms. The van der Waals surface area contributed by atoms with Crippen LogP contribution < -0.4 is 20.7 Å². The summed E-state index contributed by atoms with van der Waals surface area (Å²) in [6.45, 7) is 3.06. The molecule has 1 aromatic carbocycles. The SMILES string of the molecule is CCNC(=NCc1ccccc1OC(F)(F)F)NCC(=O)NCCOC. The zero-order valence-electron chi connectivity index (χ0n) is 14.7. The van der Waals surface area contributed by atoms with Crippen LogP contribution in [0.5, 0.6) is 5.75 Å². The van der Waals surface area contributed by atoms with Crippen LogP contribution in [0, 0.1) is 0 Å². The number of alkyl halides is 3. The first-order valence-electron chi connectivity index (χ1n) is 7.97. The van der Waals surface area contributed by atoms with Crippen LogP contribution in [0.15, 0.2) is 29.3 Å². The molecule has 0 aliphatic heterocycles. The Morgan fingerprint density at radius 3 is 2.58 bits per heavy atom. The number of hydrogen-bond acceptors (Lipinski definition) is 4. The molecule has 0 heterocycles. The molecule has 0 fully saturated rings. The van der Waals surface area contributed by atoms with Crippen LogP contribution in [-0.2, 0) is 16.1 Å². The van der Waals surface area contributed by atoms with Gasteiger partial charge in [-0.05, 0) is 13.0 Å². The van der Waals surface area contributed by atoms with E-state index < -0.39 is 6.36 Å². The molecule has 1 rings (SSSR count). The minimum absolute atomic E-state index is 0.0315. The largest absolute Gasteiger partial charge is 0.573 e. The van der Waals surface area contributed by atoms with E-state index in [-0.39, 0.29) is 30.3 Å². The van der Waals surface area contributed by atoms with Crippen molar-refractivity contribution >= 4 is 11.9 Å². The predicted molar refractivity (Wildman–Crippen MR) is 90.8 cm³/mol. The number of para-hydroxylation sites is 1. The second-order valence-electron chi connectivity index (χ2n) is 5.05. The minimum Gasteiger partial charge on any atom is -0.405 e. The van der Waals surface area contributed by atoms with Crippen molar-refractivity contribution < 1.29 is 27.4 Å². The van der Waals surface area contributed by atoms with Crippen molar-refractivity contribution in [3.63, 3.8) is 0 Å². The van der Waals surface area contributed by atoms with Crippen LogP contribution in [0.1, 0.15) is 12.5 Å². The van der Waals surface area contributed by atoms with Gasteiger partial charge in [-0.25, -0.2) is 4.99 Å². The first-order chi connectivity index (χ1) is 12.4. The van der Waals surface area contributed by atoms with E-state index >= 15 is 0 Å². The molecular weight excluding hydrogens is 353 g/mol. The molecule has 0 bridgehead atoms. The van der Waals surface area contributed by atoms with Crippen molar-refractivity contribution in [1.82, 2.24) is 16.0 Å². The molecule has 1 aromatic rings. The van der Waals surface area contributed by atoms with Crippen molar-refractivity contribution in [2.24, 2.45) is 4.99 Å². The second kappa shape index (κ2) is 11.2. The van der Waals surface area contributed by atoms with Crippen LogP contribution in [0.4, 0.5) is 13.2 Å². The van der Waals surface area contributed by atoms with Crippen molar-refractivity contribution in [2.75, 3.05) is 33.4 Å². The maximum Gasteiger partial charge on any atom is 0.573 e. The first-order valence-corrected chi connectivity index (χ1v) is 7.97. The summed E-state index contributed by atoms with van der Waals surface area (Å²) in [5, 5.41) is 8.36. The van der Waals surface area contributed by atoms with Crippen LogP contribution in [0.3, 0.4) is 0 Å². The van der Waals surface area contributed by atoms with E-state index in [0.717, 1.165) is 0 Å². The molecule has 7 nitrogen and oxygen atoms in total. The molecule has 146 valence electrons. The van der Waals surface area contributed by atoms with Gasteiger partial charge in [0.1, 0.15) is 5.75 Å². The molecule has 0 atom stereocenters. The van der Waals surface area contributed by atoms with Crippen molar-refractivity contribution in [3.8, 4) is 5.75 Å². The number of methoxy groups -OCH3 is 1. The highest BCUT2D eigenvalue weighted by Gasteiger charge is 2.31. The molecule has 0 aliphatic rings. The van der Waals surface area contributed by atoms with Crippen LogP contribution in [-0.4, -0.2) is 51.6 Å². The Hall–Kier alpha value is -2.49. The Morgan fingerprint density at radius 2 is 1.92 bits per heavy atom. The molecule has 10 heteroatoms. The summed E-state index contributed by atoms with van der Waals surface area (Å²) in [6.07, 6.45) is -4.77. The van der Waals surface area contributed by atoms with Gasteiger partial charge < -0.3 is 25.4 Å². The Bertz CT molecular complexity index is 594. The fourth-order valence-corrected chi connectivity index (χ4v) is 1.88. The molecule has 0 aliphatic carbocycles. The van der Waals surface area contributed by atoms with Gasteiger partial charge in [0.25, 0.3) is 0 Å². The van der Waals surface area contributed by atoms with E-state index in [1.807, 2.05) is 6.92 Å². The number of rotatable bonds is 9. The summed E-state index contributed by atoms with van der Waals surface area (Å²) in [4.78, 5) is 15.8. The van der Waals surface area contributed by atoms with Gasteiger partial charge in [-0.2, -0.15) is 0 Å². The Balaban J connectivity index is 2.68. The minimum atomic E-state index is -4.77. The van der Waals surface area contributed by atoms with E-state index in [4.69, 9.17) is 4.74 Å². The Morgan fingerprint density at radius 1 is 1.19 bits per heavy atom. The van der Waals surface area contributed by atoms with Crippen molar-refractivity contribution in [1.29, 1.82) is 0 Å². The molecule has 1 amide bonds. The maximum atomic E-state index is 12.4. The van der Waals surface area contributed by atoms with E-state index in [1.165, 1.54) is 25.3 Å². The fraction of sp³-hybridized carbons (Fsp3) is 0.500. The highest BCUT2D eigenvalue weighted by molar-refractivity contribution is 5.86. The topological polar surface area (TPSA) is 84.0 Å². The molecule has 0 radical (unpaired) electrons. The monoisotopic (exact) mass is 376 g/mol. The number of halogens is 3. The van der Waals surface area contributed by atoms with Crippen LogP contribution >= 0.6 is 0 Å². The van der Waals surface area contributed by atoms with Crippen LogP contribution in [0.25, 0.3) is 0 Å². The average molecular weight is 376 g/mol. The third kappa shape index (κ3) is 9.11. The molecule has 0 saturated heterocycles. The summed E-state index contributed by atoms with van der Waals surface area (Å²) >= 11 is 0. The van der Waals surface area contributed by atoms with Gasteiger partial charge in [-0.1, -0.05) is 18.2 Å². The van der Waals surface area contributed by atoms with E-state index in [1.54, 1.807) is 6.07 Å². The summed E-state index contributed by atoms with van der Waals surface area (Å²) in [5.41, 5.74) is 0.270. The third-order valence-corrected chi connectivity index (χ3v) is 2.99. The zero-order valence-corrected chi connectivity index (χ0v) is 14.7. The standard InChI is InChI=1S/C16H23F3N4O3/c1-3-20-15(23-11-14(24)21-8-9-25-2)22-10-12-6-4-5-7-13(12)26-16(17,18)19/h4-7H,3,8-11H2,1-2H3,(H,21,24)(H2,20,22,23). The lowest BCUT2D eigenvalue weighted by molar-refractivity contribution is -0.274. The number of hydrogen-bond donors (Lipinski definition) is 3. The number of aliphatic imine (C=N–C) groups is 1. The highest BCUT2D eigenvalue weighted by Crippen LogP contribution is 2.26. The number of guanidine groups is 1. The number of nitrogens with zero attached hydrogens (tertiary/aromatic N) is 1. The maximum absolute atomic E-state index is 12.4. The van der Waals surface area contributed by atoms with Gasteiger partial charge in [0.05, 0.1) is 19.7 Å². The molecule has 3 N–H and O–H groups in total. The van der Waals surface area contributed by atoms with E-state index in [9.17, 15) is 18.0 Å². The third-order valence-electron chi connectivity index (χ3n) is 2.99. The first kappa shape index (κ1) is 21.6. The second-order valence-corrected chi connectivity index (χ2v) is 5.05. The van der Waals surface area contributed by atoms with Gasteiger partial charge in [0.15, 0.2) is 5.96 Å². The quantitative estimate of drug-likeness (QED) is 0.345. The summed E-state index contributed by atoms with van der Waals surface area (Å²) < 4.78 is 46.1. The highest BCUT2D eigenvalue weighted by atomic mass is 19.4. The number of amides is 1. The van der Waals surface area contributed by atoms with Crippen LogP contribution in [0.2, 0.25) is 0 Å². The molecule has 26 heavy (non-hydrogen) atoms. The van der Waals surface area contributed by atoms with Crippen molar-refractivity contribution in [2.45, 2.75) is 19.8 Å². The van der Waals surface area contributed by atoms with Gasteiger partial charge in [0, 0.05) is 25.8 Å². The van der Waals surface area contributed by atoms with Crippen molar-refractivity contribution in [3.05, 3.63) is 29.8 Å². The zero-order chi connectivity index (χ0) is 19.4. The fourth-order valence-electron chi connectivity index (χ4n) is 1.88. The smallest absolute Gasteiger partial charge is 0.405 e. The number of carbonyl (C=O) groups excluding carboxylic acids is 1. The lowest BCUT2D eigenvalue weighted by Crippen LogP contribution is -2.43. The lowest BCUT2D eigenvalue weighted by Gasteiger charge is -2.14. The number of benzene rings is 1. The number of carbonyl (C=O) groups is 1. The van der Waals surface area contributed by atoms with E-state index in [2.05, 4.69) is 25.7 Å². The normalized spacial score (nSPS) is 11.8. The van der Waals surface area contributed by atoms with E-state index in [0.29, 0.717) is 25.7 Å². The Kier molecular flexibility index (Phi) is 9.27. The molecule has 0 saturated carbocycles. The number of nitrogens with one attached hydrogen (secondary N) is 3. The summed E-state index contributed by atoms with van der Waals surface area (Å²) in [5.74, 6) is -0.262. The molecular formula is C16H23F3N4O3. The lowest BCUT2D eigenvalue weighted by atomic mass is 10.2.